The van der Waals surface area contributed by atoms with E-state index in [-0.39, 0.29) is 6.04 Å². The molecule has 2 N–H and O–H groups in total. The molecule has 0 aliphatic rings. The van der Waals surface area contributed by atoms with Crippen LogP contribution in [0.1, 0.15) is 30.1 Å². The van der Waals surface area contributed by atoms with Crippen LogP contribution in [-0.2, 0) is 6.54 Å². The average Bonchev–Trinajstić information content (AvgIpc) is 2.89. The highest BCUT2D eigenvalue weighted by Crippen LogP contribution is 2.25. The first-order valence-electron chi connectivity index (χ1n) is 4.87. The Morgan fingerprint density at radius 3 is 3.07 bits per heavy atom. The zero-order chi connectivity index (χ0) is 10.7. The third kappa shape index (κ3) is 1.91. The highest BCUT2D eigenvalue weighted by Gasteiger charge is 2.17. The molecule has 2 aromatic rings. The Morgan fingerprint density at radius 1 is 1.60 bits per heavy atom. The Bertz CT molecular complexity index is 408. The molecule has 1 unspecified atom stereocenters. The number of thiophene rings is 1. The molecule has 0 spiro atoms. The highest BCUT2D eigenvalue weighted by molar-refractivity contribution is 7.10. The van der Waals surface area contributed by atoms with E-state index in [0.29, 0.717) is 6.54 Å². The van der Waals surface area contributed by atoms with Gasteiger partial charge in [-0.25, -0.2) is 4.68 Å². The molecule has 0 aromatic carbocycles. The van der Waals surface area contributed by atoms with E-state index in [0.717, 1.165) is 12.2 Å². The van der Waals surface area contributed by atoms with Gasteiger partial charge in [0.2, 0.25) is 0 Å². The Labute approximate surface area is 91.9 Å². The monoisotopic (exact) mass is 223 g/mol. The van der Waals surface area contributed by atoms with Crippen LogP contribution in [0.3, 0.4) is 0 Å². The zero-order valence-corrected chi connectivity index (χ0v) is 9.31. The van der Waals surface area contributed by atoms with Crippen molar-refractivity contribution in [2.45, 2.75) is 25.9 Å². The predicted molar refractivity (Wildman–Crippen MR) is 58.5 cm³/mol. The third-order valence-corrected chi connectivity index (χ3v) is 3.27. The molecule has 0 bridgehead atoms. The number of tetrazole rings is 1. The van der Waals surface area contributed by atoms with Gasteiger partial charge >= 0.3 is 0 Å². The molecule has 80 valence electrons. The average molecular weight is 223 g/mol. The minimum atomic E-state index is 0.207. The van der Waals surface area contributed by atoms with Crippen molar-refractivity contribution in [1.82, 2.24) is 20.2 Å². The first-order chi connectivity index (χ1) is 7.36. The SMILES string of the molecule is CCC(c1cccs1)n1nnnc1CN. The van der Waals surface area contributed by atoms with Gasteiger partial charge in [-0.05, 0) is 28.3 Å². The summed E-state index contributed by atoms with van der Waals surface area (Å²) in [5.74, 6) is 0.732. The van der Waals surface area contributed by atoms with Gasteiger partial charge < -0.3 is 5.73 Å². The molecule has 6 heteroatoms. The van der Waals surface area contributed by atoms with Crippen molar-refractivity contribution >= 4 is 11.3 Å². The van der Waals surface area contributed by atoms with Crippen LogP contribution in [-0.4, -0.2) is 20.2 Å². The number of nitrogens with two attached hydrogens (primary N) is 1. The van der Waals surface area contributed by atoms with Crippen LogP contribution in [0.4, 0.5) is 0 Å². The Hall–Kier alpha value is -1.27. The second kappa shape index (κ2) is 4.50. The Balaban J connectivity index is 2.35. The molecule has 5 nitrogen and oxygen atoms in total. The molecular formula is C9H13N5S. The van der Waals surface area contributed by atoms with E-state index in [1.165, 1.54) is 4.88 Å². The molecule has 15 heavy (non-hydrogen) atoms. The smallest absolute Gasteiger partial charge is 0.165 e. The molecule has 0 radical (unpaired) electrons. The van der Waals surface area contributed by atoms with Crippen LogP contribution in [0.5, 0.6) is 0 Å². The van der Waals surface area contributed by atoms with Crippen molar-refractivity contribution in [3.8, 4) is 0 Å². The molecule has 2 heterocycles. The number of aromatic nitrogens is 4. The van der Waals surface area contributed by atoms with Crippen LogP contribution in [0, 0.1) is 0 Å². The van der Waals surface area contributed by atoms with Crippen molar-refractivity contribution in [2.75, 3.05) is 0 Å². The van der Waals surface area contributed by atoms with E-state index in [2.05, 4.69) is 33.9 Å². The van der Waals surface area contributed by atoms with Crippen molar-refractivity contribution < 1.29 is 0 Å². The van der Waals surface area contributed by atoms with Gasteiger partial charge in [-0.1, -0.05) is 13.0 Å². The van der Waals surface area contributed by atoms with Crippen molar-refractivity contribution in [3.05, 3.63) is 28.2 Å². The molecule has 2 rings (SSSR count). The molecule has 2 aromatic heterocycles. The lowest BCUT2D eigenvalue weighted by atomic mass is 10.2. The van der Waals surface area contributed by atoms with E-state index in [4.69, 9.17) is 5.73 Å². The number of hydrogen-bond acceptors (Lipinski definition) is 5. The molecule has 0 aliphatic heterocycles. The summed E-state index contributed by atoms with van der Waals surface area (Å²) in [4.78, 5) is 1.26. The van der Waals surface area contributed by atoms with Gasteiger partial charge in [-0.3, -0.25) is 0 Å². The van der Waals surface area contributed by atoms with E-state index >= 15 is 0 Å². The summed E-state index contributed by atoms with van der Waals surface area (Å²) in [5, 5.41) is 13.6. The topological polar surface area (TPSA) is 69.6 Å². The Kier molecular flexibility index (Phi) is 3.08. The first kappa shape index (κ1) is 10.3. The minimum Gasteiger partial charge on any atom is -0.324 e. The highest BCUT2D eigenvalue weighted by atomic mass is 32.1. The van der Waals surface area contributed by atoms with E-state index in [1.54, 1.807) is 11.3 Å². The van der Waals surface area contributed by atoms with Crippen LogP contribution in [0.25, 0.3) is 0 Å². The first-order valence-corrected chi connectivity index (χ1v) is 5.75. The van der Waals surface area contributed by atoms with Crippen LogP contribution >= 0.6 is 11.3 Å². The molecule has 0 aliphatic carbocycles. The van der Waals surface area contributed by atoms with Crippen LogP contribution in [0.2, 0.25) is 0 Å². The lowest BCUT2D eigenvalue weighted by Crippen LogP contribution is -2.16. The van der Waals surface area contributed by atoms with E-state index < -0.39 is 0 Å². The molecular weight excluding hydrogens is 210 g/mol. The summed E-state index contributed by atoms with van der Waals surface area (Å²) in [6, 6.07) is 4.34. The summed E-state index contributed by atoms with van der Waals surface area (Å²) in [5.41, 5.74) is 5.58. The summed E-state index contributed by atoms with van der Waals surface area (Å²) in [6.07, 6.45) is 0.957. The van der Waals surface area contributed by atoms with Gasteiger partial charge in [-0.2, -0.15) is 0 Å². The molecule has 0 amide bonds. The van der Waals surface area contributed by atoms with Gasteiger partial charge in [0.1, 0.15) is 0 Å². The second-order valence-corrected chi connectivity index (χ2v) is 4.16. The van der Waals surface area contributed by atoms with Gasteiger partial charge in [0.15, 0.2) is 5.82 Å². The molecule has 0 saturated carbocycles. The van der Waals surface area contributed by atoms with Crippen LogP contribution < -0.4 is 5.73 Å². The summed E-state index contributed by atoms with van der Waals surface area (Å²) in [7, 11) is 0. The van der Waals surface area contributed by atoms with E-state index in [1.807, 2.05) is 10.7 Å². The minimum absolute atomic E-state index is 0.207. The standard InChI is InChI=1S/C9H13N5S/c1-2-7(8-4-3-5-15-8)14-9(6-10)11-12-13-14/h3-5,7H,2,6,10H2,1H3. The van der Waals surface area contributed by atoms with Crippen molar-refractivity contribution in [3.63, 3.8) is 0 Å². The normalized spacial score (nSPS) is 12.9. The summed E-state index contributed by atoms with van der Waals surface area (Å²) < 4.78 is 1.81. The zero-order valence-electron chi connectivity index (χ0n) is 8.50. The van der Waals surface area contributed by atoms with Crippen molar-refractivity contribution in [2.24, 2.45) is 5.73 Å². The van der Waals surface area contributed by atoms with E-state index in [9.17, 15) is 0 Å². The quantitative estimate of drug-likeness (QED) is 0.845. The predicted octanol–water partition coefficient (Wildman–Crippen LogP) is 1.19. The van der Waals surface area contributed by atoms with Gasteiger partial charge in [0, 0.05) is 4.88 Å². The van der Waals surface area contributed by atoms with Crippen LogP contribution in [0.15, 0.2) is 17.5 Å². The van der Waals surface area contributed by atoms with Gasteiger partial charge in [-0.15, -0.1) is 16.4 Å². The molecule has 0 saturated heterocycles. The Morgan fingerprint density at radius 2 is 2.47 bits per heavy atom. The molecule has 0 fully saturated rings. The fourth-order valence-corrected chi connectivity index (χ4v) is 2.46. The second-order valence-electron chi connectivity index (χ2n) is 3.18. The van der Waals surface area contributed by atoms with Crippen molar-refractivity contribution in [1.29, 1.82) is 0 Å². The fraction of sp³-hybridized carbons (Fsp3) is 0.444. The lowest BCUT2D eigenvalue weighted by Gasteiger charge is -2.14. The number of hydrogen-bond donors (Lipinski definition) is 1. The maximum Gasteiger partial charge on any atom is 0.165 e. The number of rotatable bonds is 4. The van der Waals surface area contributed by atoms with Gasteiger partial charge in [0.05, 0.1) is 12.6 Å². The summed E-state index contributed by atoms with van der Waals surface area (Å²) >= 11 is 1.72. The molecule has 1 atom stereocenters. The lowest BCUT2D eigenvalue weighted by molar-refractivity contribution is 0.482. The maximum atomic E-state index is 5.58. The summed E-state index contributed by atoms with van der Waals surface area (Å²) in [6.45, 7) is 2.49. The largest absolute Gasteiger partial charge is 0.324 e. The third-order valence-electron chi connectivity index (χ3n) is 2.30. The maximum absolute atomic E-state index is 5.58. The number of nitrogens with zero attached hydrogens (tertiary/aromatic N) is 4. The van der Waals surface area contributed by atoms with Gasteiger partial charge in [0.25, 0.3) is 0 Å². The fourth-order valence-electron chi connectivity index (χ4n) is 1.56.